The summed E-state index contributed by atoms with van der Waals surface area (Å²) in [5.74, 6) is -1.82. The minimum atomic E-state index is -1.39. The predicted molar refractivity (Wildman–Crippen MR) is 58.1 cm³/mol. The van der Waals surface area contributed by atoms with Gasteiger partial charge in [0.1, 0.15) is 23.0 Å². The first kappa shape index (κ1) is 11.5. The number of ether oxygens (including phenoxy) is 1. The Morgan fingerprint density at radius 3 is 2.88 bits per heavy atom. The fourth-order valence-electron chi connectivity index (χ4n) is 1.21. The van der Waals surface area contributed by atoms with Crippen molar-refractivity contribution in [3.63, 3.8) is 0 Å². The number of carboxylic acids is 1. The van der Waals surface area contributed by atoms with Gasteiger partial charge in [0.25, 0.3) is 5.19 Å². The molecule has 0 amide bonds. The number of halogens is 1. The molecule has 1 N–H and O–H groups in total. The van der Waals surface area contributed by atoms with Gasteiger partial charge in [-0.1, -0.05) is 6.07 Å². The van der Waals surface area contributed by atoms with E-state index >= 15 is 0 Å². The molecule has 0 aliphatic heterocycles. The first-order chi connectivity index (χ1) is 8.08. The second kappa shape index (κ2) is 4.46. The van der Waals surface area contributed by atoms with Gasteiger partial charge in [0.2, 0.25) is 0 Å². The largest absolute Gasteiger partial charge is 0.477 e. The van der Waals surface area contributed by atoms with Gasteiger partial charge in [-0.05, 0) is 19.1 Å². The second-order valence-corrected chi connectivity index (χ2v) is 3.84. The lowest BCUT2D eigenvalue weighted by atomic mass is 10.2. The summed E-state index contributed by atoms with van der Waals surface area (Å²) >= 11 is 0.972. The molecule has 5 nitrogen and oxygen atoms in total. The highest BCUT2D eigenvalue weighted by atomic mass is 32.1. The van der Waals surface area contributed by atoms with Crippen LogP contribution in [-0.2, 0) is 0 Å². The molecule has 0 atom stereocenters. The van der Waals surface area contributed by atoms with Crippen LogP contribution in [0.1, 0.15) is 16.2 Å². The van der Waals surface area contributed by atoms with E-state index in [0.717, 1.165) is 17.6 Å². The van der Waals surface area contributed by atoms with Crippen molar-refractivity contribution in [1.82, 2.24) is 9.36 Å². The van der Waals surface area contributed by atoms with Gasteiger partial charge in [-0.25, -0.2) is 9.18 Å². The molecule has 2 aromatic rings. The zero-order valence-corrected chi connectivity index (χ0v) is 9.49. The molecule has 1 heterocycles. The van der Waals surface area contributed by atoms with E-state index in [1.165, 1.54) is 12.1 Å². The number of hydrogen-bond acceptors (Lipinski definition) is 5. The van der Waals surface area contributed by atoms with Gasteiger partial charge in [0, 0.05) is 11.5 Å². The first-order valence-corrected chi connectivity index (χ1v) is 5.35. The molecular formula is C10H7FN2O3S. The molecule has 2 rings (SSSR count). The van der Waals surface area contributed by atoms with E-state index in [2.05, 4.69) is 9.36 Å². The summed E-state index contributed by atoms with van der Waals surface area (Å²) in [7, 11) is 0. The SMILES string of the molecule is Cc1nsc(Oc2cccc(F)c2C(=O)O)n1. The molecule has 0 aliphatic rings. The van der Waals surface area contributed by atoms with Gasteiger partial charge in [-0.15, -0.1) is 0 Å². The maximum atomic E-state index is 13.3. The topological polar surface area (TPSA) is 72.3 Å². The Hall–Kier alpha value is -2.02. The summed E-state index contributed by atoms with van der Waals surface area (Å²) in [5, 5.41) is 9.05. The van der Waals surface area contributed by atoms with E-state index in [-0.39, 0.29) is 10.9 Å². The van der Waals surface area contributed by atoms with Crippen LogP contribution in [0, 0.1) is 12.7 Å². The van der Waals surface area contributed by atoms with E-state index in [0.29, 0.717) is 5.82 Å². The molecule has 88 valence electrons. The van der Waals surface area contributed by atoms with Crippen LogP contribution in [0.2, 0.25) is 0 Å². The van der Waals surface area contributed by atoms with Crippen molar-refractivity contribution in [3.8, 4) is 10.9 Å². The third kappa shape index (κ3) is 2.39. The average molecular weight is 254 g/mol. The van der Waals surface area contributed by atoms with Crippen molar-refractivity contribution in [2.24, 2.45) is 0 Å². The van der Waals surface area contributed by atoms with Crippen LogP contribution in [0.5, 0.6) is 10.9 Å². The van der Waals surface area contributed by atoms with E-state index in [1.807, 2.05) is 0 Å². The number of nitrogens with zero attached hydrogens (tertiary/aromatic N) is 2. The number of benzene rings is 1. The Morgan fingerprint density at radius 1 is 1.53 bits per heavy atom. The predicted octanol–water partition coefficient (Wildman–Crippen LogP) is 2.48. The maximum Gasteiger partial charge on any atom is 0.342 e. The molecule has 7 heteroatoms. The van der Waals surface area contributed by atoms with Crippen LogP contribution >= 0.6 is 11.5 Å². The highest BCUT2D eigenvalue weighted by Gasteiger charge is 2.18. The molecule has 0 fully saturated rings. The minimum absolute atomic E-state index is 0.0892. The lowest BCUT2D eigenvalue weighted by molar-refractivity contribution is 0.0689. The molecular weight excluding hydrogens is 247 g/mol. The molecule has 0 aliphatic carbocycles. The van der Waals surface area contributed by atoms with E-state index in [1.54, 1.807) is 6.92 Å². The molecule has 0 spiro atoms. The number of hydrogen-bond donors (Lipinski definition) is 1. The van der Waals surface area contributed by atoms with Crippen LogP contribution in [0.15, 0.2) is 18.2 Å². The quantitative estimate of drug-likeness (QED) is 0.910. The maximum absolute atomic E-state index is 13.3. The first-order valence-electron chi connectivity index (χ1n) is 4.58. The van der Waals surface area contributed by atoms with Crippen LogP contribution in [0.3, 0.4) is 0 Å². The number of carbonyl (C=O) groups is 1. The highest BCUT2D eigenvalue weighted by molar-refractivity contribution is 7.07. The highest BCUT2D eigenvalue weighted by Crippen LogP contribution is 2.28. The Labute approximate surface area is 99.7 Å². The van der Waals surface area contributed by atoms with Gasteiger partial charge in [0.15, 0.2) is 0 Å². The Bertz CT molecular complexity index is 570. The van der Waals surface area contributed by atoms with Crippen molar-refractivity contribution < 1.29 is 19.0 Å². The van der Waals surface area contributed by atoms with E-state index in [4.69, 9.17) is 9.84 Å². The van der Waals surface area contributed by atoms with Crippen LogP contribution in [-0.4, -0.2) is 20.4 Å². The summed E-state index contributed by atoms with van der Waals surface area (Å²) in [6, 6.07) is 3.79. The molecule has 1 aromatic carbocycles. The lowest BCUT2D eigenvalue weighted by Crippen LogP contribution is -2.03. The molecule has 0 saturated heterocycles. The number of aromatic carboxylic acids is 1. The summed E-state index contributed by atoms with van der Waals surface area (Å²) < 4.78 is 22.4. The normalized spacial score (nSPS) is 10.2. The fourth-order valence-corrected chi connectivity index (χ4v) is 1.76. The average Bonchev–Trinajstić information content (AvgIpc) is 2.63. The fraction of sp³-hybridized carbons (Fsp3) is 0.100. The third-order valence-electron chi connectivity index (χ3n) is 1.90. The minimum Gasteiger partial charge on any atom is -0.477 e. The van der Waals surface area contributed by atoms with Crippen molar-refractivity contribution in [3.05, 3.63) is 35.4 Å². The zero-order valence-electron chi connectivity index (χ0n) is 8.68. The van der Waals surface area contributed by atoms with Crippen molar-refractivity contribution in [2.45, 2.75) is 6.92 Å². The summed E-state index contributed by atoms with van der Waals surface area (Å²) in [4.78, 5) is 14.8. The van der Waals surface area contributed by atoms with Crippen molar-refractivity contribution >= 4 is 17.5 Å². The van der Waals surface area contributed by atoms with Crippen LogP contribution in [0.4, 0.5) is 4.39 Å². The smallest absolute Gasteiger partial charge is 0.342 e. The molecule has 0 radical (unpaired) electrons. The molecule has 0 bridgehead atoms. The zero-order chi connectivity index (χ0) is 12.4. The third-order valence-corrected chi connectivity index (χ3v) is 2.58. The number of rotatable bonds is 3. The number of aromatic nitrogens is 2. The van der Waals surface area contributed by atoms with Crippen LogP contribution < -0.4 is 4.74 Å². The Balaban J connectivity index is 2.39. The molecule has 17 heavy (non-hydrogen) atoms. The molecule has 0 saturated carbocycles. The summed E-state index contributed by atoms with van der Waals surface area (Å²) in [5.41, 5.74) is -0.514. The van der Waals surface area contributed by atoms with Crippen LogP contribution in [0.25, 0.3) is 0 Å². The van der Waals surface area contributed by atoms with Gasteiger partial charge in [-0.2, -0.15) is 9.36 Å². The van der Waals surface area contributed by atoms with Gasteiger partial charge >= 0.3 is 5.97 Å². The van der Waals surface area contributed by atoms with Gasteiger partial charge in [-0.3, -0.25) is 0 Å². The molecule has 1 aromatic heterocycles. The molecule has 0 unspecified atom stereocenters. The van der Waals surface area contributed by atoms with E-state index < -0.39 is 17.3 Å². The van der Waals surface area contributed by atoms with Gasteiger partial charge in [0.05, 0.1) is 0 Å². The van der Waals surface area contributed by atoms with E-state index in [9.17, 15) is 9.18 Å². The standard InChI is InChI=1S/C10H7FN2O3S/c1-5-12-10(17-13-5)16-7-4-2-3-6(11)8(7)9(14)15/h2-4H,1H3,(H,14,15). The van der Waals surface area contributed by atoms with Crippen molar-refractivity contribution in [1.29, 1.82) is 0 Å². The van der Waals surface area contributed by atoms with Gasteiger partial charge < -0.3 is 9.84 Å². The lowest BCUT2D eigenvalue weighted by Gasteiger charge is -2.05. The summed E-state index contributed by atoms with van der Waals surface area (Å²) in [6.45, 7) is 1.67. The second-order valence-electron chi connectivity index (χ2n) is 3.13. The summed E-state index contributed by atoms with van der Waals surface area (Å²) in [6.07, 6.45) is 0. The Morgan fingerprint density at radius 2 is 2.29 bits per heavy atom. The number of carboxylic acid groups (broad SMARTS) is 1. The Kier molecular flexibility index (Phi) is 3.01. The van der Waals surface area contributed by atoms with Crippen molar-refractivity contribution in [2.75, 3.05) is 0 Å². The number of aryl methyl sites for hydroxylation is 1. The monoisotopic (exact) mass is 254 g/mol.